The molecular weight excluding hydrogens is 290 g/mol. The summed E-state index contributed by atoms with van der Waals surface area (Å²) in [4.78, 5) is 0. The molecular formula is C19H19NOS. The molecule has 0 aliphatic heterocycles. The Balaban J connectivity index is 2.04. The summed E-state index contributed by atoms with van der Waals surface area (Å²) in [5.74, 6) is 0.868. The van der Waals surface area contributed by atoms with Gasteiger partial charge in [-0.1, -0.05) is 35.9 Å². The molecule has 2 nitrogen and oxygen atoms in total. The van der Waals surface area contributed by atoms with Crippen LogP contribution >= 0.6 is 11.9 Å². The van der Waals surface area contributed by atoms with Crippen molar-refractivity contribution in [2.75, 3.05) is 17.7 Å². The lowest BCUT2D eigenvalue weighted by Gasteiger charge is -2.22. The Morgan fingerprint density at radius 1 is 0.864 bits per heavy atom. The second-order valence-electron chi connectivity index (χ2n) is 5.21. The summed E-state index contributed by atoms with van der Waals surface area (Å²) in [5.41, 5.74) is 3.56. The molecule has 0 amide bonds. The third-order valence-corrected chi connectivity index (χ3v) is 4.47. The van der Waals surface area contributed by atoms with Crippen LogP contribution in [0.4, 0.5) is 11.4 Å². The second-order valence-corrected chi connectivity index (χ2v) is 5.94. The number of hydrogen-bond donors (Lipinski definition) is 0. The fourth-order valence-electron chi connectivity index (χ4n) is 2.58. The van der Waals surface area contributed by atoms with Crippen LogP contribution in [0, 0.1) is 6.92 Å². The lowest BCUT2D eigenvalue weighted by atomic mass is 10.1. The number of benzene rings is 3. The molecule has 112 valence electrons. The topological polar surface area (TPSA) is 12.5 Å². The molecule has 0 saturated heterocycles. The van der Waals surface area contributed by atoms with Crippen LogP contribution in [-0.4, -0.2) is 13.4 Å². The molecule has 0 N–H and O–H groups in total. The number of hydrogen-bond acceptors (Lipinski definition) is 3. The Morgan fingerprint density at radius 2 is 1.59 bits per heavy atom. The normalized spacial score (nSPS) is 10.7. The Morgan fingerprint density at radius 3 is 2.36 bits per heavy atom. The van der Waals surface area contributed by atoms with Crippen molar-refractivity contribution >= 4 is 34.1 Å². The number of aryl methyl sites for hydroxylation is 1. The molecule has 0 fully saturated rings. The Labute approximate surface area is 135 Å². The van der Waals surface area contributed by atoms with Crippen LogP contribution in [0.5, 0.6) is 5.75 Å². The summed E-state index contributed by atoms with van der Waals surface area (Å²) in [6, 6.07) is 21.2. The fraction of sp³-hybridized carbons (Fsp3) is 0.158. The number of methoxy groups -OCH3 is 1. The Hall–Kier alpha value is -2.13. The molecule has 0 spiro atoms. The van der Waals surface area contributed by atoms with Gasteiger partial charge in [-0.05, 0) is 53.9 Å². The van der Waals surface area contributed by atoms with E-state index in [0.717, 1.165) is 17.1 Å². The van der Waals surface area contributed by atoms with Gasteiger partial charge in [-0.25, -0.2) is 0 Å². The van der Waals surface area contributed by atoms with E-state index in [2.05, 4.69) is 66.0 Å². The van der Waals surface area contributed by atoms with Crippen molar-refractivity contribution in [3.63, 3.8) is 0 Å². The monoisotopic (exact) mass is 309 g/mol. The van der Waals surface area contributed by atoms with E-state index in [1.165, 1.54) is 16.3 Å². The highest BCUT2D eigenvalue weighted by atomic mass is 32.2. The molecule has 0 aliphatic rings. The van der Waals surface area contributed by atoms with Gasteiger partial charge in [0.25, 0.3) is 0 Å². The van der Waals surface area contributed by atoms with Crippen molar-refractivity contribution < 1.29 is 4.74 Å². The maximum Gasteiger partial charge on any atom is 0.120 e. The zero-order valence-electron chi connectivity index (χ0n) is 13.0. The molecule has 0 unspecified atom stereocenters. The average molecular weight is 309 g/mol. The summed E-state index contributed by atoms with van der Waals surface area (Å²) in [6.45, 7) is 2.12. The van der Waals surface area contributed by atoms with Crippen LogP contribution in [0.15, 0.2) is 60.7 Å². The van der Waals surface area contributed by atoms with Crippen LogP contribution in [-0.2, 0) is 0 Å². The van der Waals surface area contributed by atoms with E-state index >= 15 is 0 Å². The zero-order chi connectivity index (χ0) is 15.5. The molecule has 0 heterocycles. The van der Waals surface area contributed by atoms with Crippen LogP contribution in [0.25, 0.3) is 10.8 Å². The van der Waals surface area contributed by atoms with Gasteiger partial charge in [0.1, 0.15) is 5.75 Å². The smallest absolute Gasteiger partial charge is 0.120 e. The molecule has 3 aromatic carbocycles. The molecule has 0 saturated carbocycles. The number of fused-ring (bicyclic) bond motifs is 1. The summed E-state index contributed by atoms with van der Waals surface area (Å²) < 4.78 is 7.54. The highest BCUT2D eigenvalue weighted by Crippen LogP contribution is 2.35. The van der Waals surface area contributed by atoms with E-state index in [4.69, 9.17) is 4.74 Å². The fourth-order valence-corrected chi connectivity index (χ4v) is 3.22. The molecule has 0 aliphatic carbocycles. The maximum absolute atomic E-state index is 5.33. The minimum absolute atomic E-state index is 0.868. The summed E-state index contributed by atoms with van der Waals surface area (Å²) in [5, 5.41) is 2.53. The van der Waals surface area contributed by atoms with E-state index in [1.807, 2.05) is 12.1 Å². The van der Waals surface area contributed by atoms with E-state index in [1.54, 1.807) is 19.1 Å². The van der Waals surface area contributed by atoms with Gasteiger partial charge in [0, 0.05) is 12.3 Å². The van der Waals surface area contributed by atoms with Gasteiger partial charge in [-0.2, -0.15) is 0 Å². The van der Waals surface area contributed by atoms with Gasteiger partial charge in [0.2, 0.25) is 0 Å². The molecule has 3 heteroatoms. The summed E-state index contributed by atoms with van der Waals surface area (Å²) in [7, 11) is 1.70. The molecule has 3 aromatic rings. The Kier molecular flexibility index (Phi) is 4.25. The van der Waals surface area contributed by atoms with Gasteiger partial charge in [-0.3, -0.25) is 4.31 Å². The van der Waals surface area contributed by atoms with Crippen molar-refractivity contribution in [2.45, 2.75) is 6.92 Å². The number of anilines is 2. The van der Waals surface area contributed by atoms with E-state index < -0.39 is 0 Å². The van der Waals surface area contributed by atoms with Crippen molar-refractivity contribution in [1.82, 2.24) is 0 Å². The lowest BCUT2D eigenvalue weighted by molar-refractivity contribution is 0.415. The highest BCUT2D eigenvalue weighted by molar-refractivity contribution is 8.00. The van der Waals surface area contributed by atoms with Gasteiger partial charge < -0.3 is 4.74 Å². The molecule has 22 heavy (non-hydrogen) atoms. The molecule has 0 aromatic heterocycles. The zero-order valence-corrected chi connectivity index (χ0v) is 13.9. The van der Waals surface area contributed by atoms with E-state index in [-0.39, 0.29) is 0 Å². The van der Waals surface area contributed by atoms with Crippen molar-refractivity contribution in [2.24, 2.45) is 0 Å². The summed E-state index contributed by atoms with van der Waals surface area (Å²) in [6.07, 6.45) is 2.08. The largest absolute Gasteiger partial charge is 0.497 e. The summed E-state index contributed by atoms with van der Waals surface area (Å²) >= 11 is 1.68. The molecule has 3 rings (SSSR count). The van der Waals surface area contributed by atoms with Crippen LogP contribution in [0.2, 0.25) is 0 Å². The standard InChI is InChI=1S/C19H19NOS/c1-14-7-8-16-12-18(10-9-15(16)11-14)20(22-3)17-5-4-6-19(13-17)21-2/h4-13H,1-3H3. The Bertz CT molecular complexity index is 800. The van der Waals surface area contributed by atoms with Gasteiger partial charge in [-0.15, -0.1) is 0 Å². The molecule has 0 radical (unpaired) electrons. The SMILES string of the molecule is COc1cccc(N(SC)c2ccc3cc(C)ccc3c2)c1. The van der Waals surface area contributed by atoms with Crippen molar-refractivity contribution in [3.8, 4) is 5.75 Å². The first-order valence-corrected chi connectivity index (χ1v) is 8.38. The third-order valence-electron chi connectivity index (χ3n) is 3.68. The van der Waals surface area contributed by atoms with Gasteiger partial charge in [0.15, 0.2) is 0 Å². The van der Waals surface area contributed by atoms with Crippen molar-refractivity contribution in [1.29, 1.82) is 0 Å². The van der Waals surface area contributed by atoms with E-state index in [9.17, 15) is 0 Å². The first-order chi connectivity index (χ1) is 10.7. The second kappa shape index (κ2) is 6.32. The van der Waals surface area contributed by atoms with Crippen molar-refractivity contribution in [3.05, 3.63) is 66.2 Å². The van der Waals surface area contributed by atoms with Crippen LogP contribution in [0.3, 0.4) is 0 Å². The van der Waals surface area contributed by atoms with Crippen LogP contribution in [0.1, 0.15) is 5.56 Å². The van der Waals surface area contributed by atoms with E-state index in [0.29, 0.717) is 0 Å². The van der Waals surface area contributed by atoms with Gasteiger partial charge in [0.05, 0.1) is 18.5 Å². The minimum Gasteiger partial charge on any atom is -0.497 e. The first-order valence-electron chi connectivity index (χ1n) is 7.20. The van der Waals surface area contributed by atoms with Gasteiger partial charge >= 0.3 is 0 Å². The predicted molar refractivity (Wildman–Crippen MR) is 97.3 cm³/mol. The number of ether oxygens (including phenoxy) is 1. The lowest BCUT2D eigenvalue weighted by Crippen LogP contribution is -2.05. The molecule has 0 atom stereocenters. The molecule has 0 bridgehead atoms. The predicted octanol–water partition coefficient (Wildman–Crippen LogP) is 5.57. The first kappa shape index (κ1) is 14.8. The highest BCUT2D eigenvalue weighted by Gasteiger charge is 2.10. The third kappa shape index (κ3) is 2.90. The minimum atomic E-state index is 0.868. The number of nitrogens with zero attached hydrogens (tertiary/aromatic N) is 1. The average Bonchev–Trinajstić information content (AvgIpc) is 2.56. The maximum atomic E-state index is 5.33. The van der Waals surface area contributed by atoms with Crippen LogP contribution < -0.4 is 9.04 Å². The number of rotatable bonds is 4. The quantitative estimate of drug-likeness (QED) is 0.584.